The Labute approximate surface area is 163 Å². The van der Waals surface area contributed by atoms with Crippen LogP contribution in [0.3, 0.4) is 0 Å². The molecule has 150 valence electrons. The van der Waals surface area contributed by atoms with E-state index in [9.17, 15) is 18.0 Å². The van der Waals surface area contributed by atoms with Crippen molar-refractivity contribution >= 4 is 11.6 Å². The predicted molar refractivity (Wildman–Crippen MR) is 97.4 cm³/mol. The van der Waals surface area contributed by atoms with Gasteiger partial charge in [0, 0.05) is 22.7 Å². The summed E-state index contributed by atoms with van der Waals surface area (Å²) in [6.07, 6.45) is -1.53. The van der Waals surface area contributed by atoms with Crippen LogP contribution in [0.2, 0.25) is 0 Å². The van der Waals surface area contributed by atoms with E-state index in [1.165, 1.54) is 12.1 Å². The van der Waals surface area contributed by atoms with E-state index in [-0.39, 0.29) is 5.75 Å². The lowest BCUT2D eigenvalue weighted by atomic mass is 9.85. The van der Waals surface area contributed by atoms with Crippen molar-refractivity contribution in [1.29, 1.82) is 0 Å². The highest BCUT2D eigenvalue weighted by Gasteiger charge is 2.31. The van der Waals surface area contributed by atoms with Gasteiger partial charge in [-0.1, -0.05) is 23.7 Å². The maximum atomic E-state index is 12.5. The zero-order chi connectivity index (χ0) is 20.4. The second kappa shape index (κ2) is 7.57. The molecule has 1 heterocycles. The molecule has 6 nitrogen and oxygen atoms in total. The Hall–Kier alpha value is -3.36. The Balaban J connectivity index is 1.45. The molecule has 0 unspecified atom stereocenters. The van der Waals surface area contributed by atoms with Gasteiger partial charge in [-0.3, -0.25) is 4.79 Å². The van der Waals surface area contributed by atoms with Crippen molar-refractivity contribution in [2.75, 3.05) is 5.32 Å². The summed E-state index contributed by atoms with van der Waals surface area (Å²) in [5.74, 6) is 0.556. The second-order valence-electron chi connectivity index (χ2n) is 6.69. The van der Waals surface area contributed by atoms with Crippen molar-refractivity contribution in [1.82, 2.24) is 10.1 Å². The molecule has 1 N–H and O–H groups in total. The third-order valence-electron chi connectivity index (χ3n) is 4.62. The van der Waals surface area contributed by atoms with Gasteiger partial charge in [-0.05, 0) is 49.2 Å². The number of hydrogen-bond acceptors (Lipinski definition) is 5. The van der Waals surface area contributed by atoms with Gasteiger partial charge < -0.3 is 14.6 Å². The Morgan fingerprint density at radius 2 is 1.90 bits per heavy atom. The minimum Gasteiger partial charge on any atom is -0.406 e. The first-order valence-electron chi connectivity index (χ1n) is 8.98. The third kappa shape index (κ3) is 4.56. The average Bonchev–Trinajstić information content (AvgIpc) is 3.10. The second-order valence-corrected chi connectivity index (χ2v) is 6.69. The van der Waals surface area contributed by atoms with Crippen molar-refractivity contribution in [2.45, 2.75) is 31.5 Å². The highest BCUT2D eigenvalue weighted by molar-refractivity contribution is 6.04. The molecule has 1 aromatic heterocycles. The zero-order valence-corrected chi connectivity index (χ0v) is 15.1. The zero-order valence-electron chi connectivity index (χ0n) is 15.1. The Morgan fingerprint density at radius 3 is 2.55 bits per heavy atom. The van der Waals surface area contributed by atoms with Crippen LogP contribution in [0.4, 0.5) is 18.9 Å². The van der Waals surface area contributed by atoms with Crippen LogP contribution in [0.5, 0.6) is 5.75 Å². The van der Waals surface area contributed by atoms with E-state index in [1.54, 1.807) is 24.3 Å². The van der Waals surface area contributed by atoms with Gasteiger partial charge >= 0.3 is 6.36 Å². The number of rotatable bonds is 5. The van der Waals surface area contributed by atoms with Gasteiger partial charge in [0.25, 0.3) is 5.91 Å². The number of ether oxygens (including phenoxy) is 1. The Morgan fingerprint density at radius 1 is 1.14 bits per heavy atom. The van der Waals surface area contributed by atoms with Crippen molar-refractivity contribution in [3.05, 3.63) is 60.0 Å². The first kappa shape index (κ1) is 19.0. The van der Waals surface area contributed by atoms with Crippen LogP contribution in [-0.4, -0.2) is 22.4 Å². The number of carbonyl (C=O) groups excluding carboxylic acids is 1. The van der Waals surface area contributed by atoms with Crippen LogP contribution in [0.15, 0.2) is 53.1 Å². The fraction of sp³-hybridized carbons (Fsp3) is 0.250. The number of nitrogens with one attached hydrogen (secondary N) is 1. The van der Waals surface area contributed by atoms with Crippen LogP contribution in [0.1, 0.15) is 41.4 Å². The van der Waals surface area contributed by atoms with Gasteiger partial charge in [-0.25, -0.2) is 0 Å². The van der Waals surface area contributed by atoms with Crippen LogP contribution >= 0.6 is 0 Å². The molecule has 3 aromatic rings. The number of halogens is 3. The number of aromatic nitrogens is 2. The number of benzene rings is 2. The molecule has 1 aliphatic carbocycles. The quantitative estimate of drug-likeness (QED) is 0.637. The topological polar surface area (TPSA) is 77.2 Å². The fourth-order valence-electron chi connectivity index (χ4n) is 2.92. The first-order valence-corrected chi connectivity index (χ1v) is 8.98. The summed E-state index contributed by atoms with van der Waals surface area (Å²) >= 11 is 0. The van der Waals surface area contributed by atoms with Gasteiger partial charge in [0.2, 0.25) is 11.7 Å². The van der Waals surface area contributed by atoms with E-state index < -0.39 is 12.3 Å². The predicted octanol–water partition coefficient (Wildman–Crippen LogP) is 5.16. The number of amides is 1. The lowest BCUT2D eigenvalue weighted by Gasteiger charge is -2.20. The fourth-order valence-corrected chi connectivity index (χ4v) is 2.92. The van der Waals surface area contributed by atoms with Crippen molar-refractivity contribution in [3.8, 4) is 17.1 Å². The van der Waals surface area contributed by atoms with Gasteiger partial charge in [-0.15, -0.1) is 13.2 Å². The third-order valence-corrected chi connectivity index (χ3v) is 4.62. The van der Waals surface area contributed by atoms with Crippen LogP contribution < -0.4 is 10.1 Å². The Bertz CT molecular complexity index is 1010. The molecule has 0 radical (unpaired) electrons. The van der Waals surface area contributed by atoms with Crippen LogP contribution in [0.25, 0.3) is 11.4 Å². The SMILES string of the molecule is O=C(Nc1ccc(OC(F)(F)F)cc1)c1cccc(-c2noc(C3CCC3)n2)c1. The van der Waals surface area contributed by atoms with Crippen LogP contribution in [0, 0.1) is 0 Å². The first-order chi connectivity index (χ1) is 13.9. The Kier molecular flexibility index (Phi) is 4.96. The lowest BCUT2D eigenvalue weighted by molar-refractivity contribution is -0.274. The summed E-state index contributed by atoms with van der Waals surface area (Å²) < 4.78 is 45.8. The van der Waals surface area contributed by atoms with E-state index in [1.807, 2.05) is 0 Å². The number of hydrogen-bond donors (Lipinski definition) is 1. The summed E-state index contributed by atoms with van der Waals surface area (Å²) in [7, 11) is 0. The number of nitrogens with zero attached hydrogens (tertiary/aromatic N) is 2. The molecule has 0 spiro atoms. The molecule has 1 amide bonds. The molecule has 0 atom stereocenters. The molecule has 0 saturated heterocycles. The van der Waals surface area contributed by atoms with Gasteiger partial charge in [0.05, 0.1) is 0 Å². The average molecular weight is 403 g/mol. The number of anilines is 1. The summed E-state index contributed by atoms with van der Waals surface area (Å²) in [6, 6.07) is 11.6. The van der Waals surface area contributed by atoms with Crippen molar-refractivity contribution in [2.24, 2.45) is 0 Å². The molecule has 2 aromatic carbocycles. The molecule has 1 saturated carbocycles. The van der Waals surface area contributed by atoms with Gasteiger partial charge in [0.15, 0.2) is 0 Å². The molecule has 1 aliphatic rings. The van der Waals surface area contributed by atoms with E-state index in [0.717, 1.165) is 31.4 Å². The molecule has 1 fully saturated rings. The van der Waals surface area contributed by atoms with Crippen molar-refractivity contribution < 1.29 is 27.2 Å². The minimum atomic E-state index is -4.77. The summed E-state index contributed by atoms with van der Waals surface area (Å²) in [5.41, 5.74) is 1.33. The van der Waals surface area contributed by atoms with E-state index in [2.05, 4.69) is 20.2 Å². The summed E-state index contributed by atoms with van der Waals surface area (Å²) in [5, 5.41) is 6.62. The molecule has 0 bridgehead atoms. The summed E-state index contributed by atoms with van der Waals surface area (Å²) in [6.45, 7) is 0. The normalized spacial score (nSPS) is 14.3. The molecule has 29 heavy (non-hydrogen) atoms. The number of carbonyl (C=O) groups is 1. The van der Waals surface area contributed by atoms with E-state index >= 15 is 0 Å². The largest absolute Gasteiger partial charge is 0.573 e. The molecule has 9 heteroatoms. The van der Waals surface area contributed by atoms with Crippen molar-refractivity contribution in [3.63, 3.8) is 0 Å². The smallest absolute Gasteiger partial charge is 0.406 e. The molecule has 4 rings (SSSR count). The summed E-state index contributed by atoms with van der Waals surface area (Å²) in [4.78, 5) is 16.9. The van der Waals surface area contributed by atoms with E-state index in [0.29, 0.717) is 34.4 Å². The molecular weight excluding hydrogens is 387 g/mol. The van der Waals surface area contributed by atoms with E-state index in [4.69, 9.17) is 4.52 Å². The lowest BCUT2D eigenvalue weighted by Crippen LogP contribution is -2.17. The minimum absolute atomic E-state index is 0.312. The van der Waals surface area contributed by atoms with Gasteiger partial charge in [0.1, 0.15) is 5.75 Å². The maximum absolute atomic E-state index is 12.5. The number of alkyl halides is 3. The monoisotopic (exact) mass is 403 g/mol. The highest BCUT2D eigenvalue weighted by atomic mass is 19.4. The highest BCUT2D eigenvalue weighted by Crippen LogP contribution is 2.36. The molecular formula is C20H16F3N3O3. The standard InChI is InChI=1S/C20H16F3N3O3/c21-20(22,23)28-16-9-7-15(8-10-16)24-18(27)14-6-2-5-13(11-14)17-25-19(29-26-17)12-3-1-4-12/h2,5-12H,1,3-4H2,(H,24,27). The molecule has 0 aliphatic heterocycles. The van der Waals surface area contributed by atoms with Crippen LogP contribution in [-0.2, 0) is 0 Å². The maximum Gasteiger partial charge on any atom is 0.573 e. The van der Waals surface area contributed by atoms with Gasteiger partial charge in [-0.2, -0.15) is 4.98 Å².